The fourth-order valence-electron chi connectivity index (χ4n) is 0.618. The van der Waals surface area contributed by atoms with E-state index in [1.54, 1.807) is 0 Å². The third-order valence-corrected chi connectivity index (χ3v) is 1.42. The number of rotatable bonds is 5. The molecule has 18 heavy (non-hydrogen) atoms. The van der Waals surface area contributed by atoms with E-state index in [2.05, 4.69) is 0 Å². The first-order chi connectivity index (χ1) is 7.54. The summed E-state index contributed by atoms with van der Waals surface area (Å²) in [6, 6.07) is 0. The van der Waals surface area contributed by atoms with E-state index in [9.17, 15) is 4.79 Å². The number of hydrogen-bond donors (Lipinski definition) is 5. The summed E-state index contributed by atoms with van der Waals surface area (Å²) >= 11 is 0. The van der Waals surface area contributed by atoms with Crippen molar-refractivity contribution in [2.24, 2.45) is 0 Å². The first-order valence-corrected chi connectivity index (χ1v) is 5.52. The van der Waals surface area contributed by atoms with Crippen molar-refractivity contribution in [3.63, 3.8) is 0 Å². The zero-order valence-electron chi connectivity index (χ0n) is 8.77. The van der Waals surface area contributed by atoms with Crippen LogP contribution in [0.25, 0.3) is 0 Å². The van der Waals surface area contributed by atoms with Gasteiger partial charge >= 0.3 is 6.15 Å². The van der Waals surface area contributed by atoms with Crippen LogP contribution in [0.15, 0.2) is 0 Å². The SMILES string of the molecule is O=C[C@H](O)[C@@H](O)[C@H](O)[C@H](O)CO.O=P([O-])([O-])[O-].[N+3]. The number of carbonyl (C=O) groups is 1. The predicted octanol–water partition coefficient (Wildman–Crippen LogP) is -6.68. The standard InChI is InChI=1S/C6H12O6.N.H3O4P/c7-1-3(9)5(11)6(12)4(10)2-8;;1-5(2,3)4/h1,3-6,8-12H,2H2;;(H3,1,2,3,4)/q;+3;/p-3/t3-,4+,5+,6+;;/m0../s1. The van der Waals surface area contributed by atoms with Crippen LogP contribution >= 0.6 is 7.82 Å². The Labute approximate surface area is 102 Å². The predicted molar refractivity (Wildman–Crippen MR) is 46.9 cm³/mol. The van der Waals surface area contributed by atoms with Crippen molar-refractivity contribution in [2.45, 2.75) is 24.4 Å². The molecule has 0 heterocycles. The van der Waals surface area contributed by atoms with Gasteiger partial charge in [-0.25, -0.2) is 0 Å². The minimum atomic E-state index is -5.39. The Hall–Kier alpha value is -0.710. The summed E-state index contributed by atoms with van der Waals surface area (Å²) in [5, 5.41) is 43.5. The molecule has 0 aliphatic rings. The molecule has 12 heteroatoms. The Morgan fingerprint density at radius 1 is 1.06 bits per heavy atom. The lowest BCUT2D eigenvalue weighted by Gasteiger charge is -2.36. The molecule has 0 amide bonds. The second-order valence-corrected chi connectivity index (χ2v) is 3.70. The smallest absolute Gasteiger partial charge is 0.822 e. The number of aliphatic hydroxyl groups is 5. The highest BCUT2D eigenvalue weighted by Gasteiger charge is 3.00. The molecule has 0 aromatic heterocycles. The van der Waals surface area contributed by atoms with Gasteiger partial charge in [0.15, 0.2) is 6.29 Å². The maximum absolute atomic E-state index is 9.90. The summed E-state index contributed by atoms with van der Waals surface area (Å²) in [6.45, 7) is -0.760. The summed E-state index contributed by atoms with van der Waals surface area (Å²) in [5.41, 5.74) is 0. The van der Waals surface area contributed by atoms with E-state index < -0.39 is 38.8 Å². The van der Waals surface area contributed by atoms with E-state index in [4.69, 9.17) is 44.8 Å². The lowest BCUT2D eigenvalue weighted by Crippen LogP contribution is -2.46. The molecule has 0 bridgehead atoms. The largest absolute Gasteiger partial charge is 3.00 e. The molecule has 0 fully saturated rings. The highest BCUT2D eigenvalue weighted by Crippen LogP contribution is 2.03. The van der Waals surface area contributed by atoms with Gasteiger partial charge in [0.2, 0.25) is 0 Å². The first-order valence-electron chi connectivity index (χ1n) is 4.06. The molecule has 0 aliphatic heterocycles. The summed E-state index contributed by atoms with van der Waals surface area (Å²) in [6.07, 6.45) is -6.84. The molecule has 0 saturated heterocycles. The third-order valence-electron chi connectivity index (χ3n) is 1.42. The average Bonchev–Trinajstić information content (AvgIpc) is 2.22. The molecule has 0 aliphatic carbocycles. The van der Waals surface area contributed by atoms with Gasteiger partial charge in [-0.2, -0.15) is 7.82 Å². The zero-order chi connectivity index (χ0) is 14.2. The normalized spacial score (nSPS) is 17.3. The van der Waals surface area contributed by atoms with Gasteiger partial charge in [-0.1, -0.05) is 0 Å². The molecule has 11 nitrogen and oxygen atoms in total. The van der Waals surface area contributed by atoms with Crippen molar-refractivity contribution in [1.29, 1.82) is 0 Å². The highest BCUT2D eigenvalue weighted by molar-refractivity contribution is 7.40. The van der Waals surface area contributed by atoms with Crippen LogP contribution in [0.1, 0.15) is 0 Å². The quantitative estimate of drug-likeness (QED) is 0.237. The van der Waals surface area contributed by atoms with Crippen molar-refractivity contribution in [3.8, 4) is 0 Å². The molecule has 0 aromatic carbocycles. The summed E-state index contributed by atoms with van der Waals surface area (Å²) in [7, 11) is -5.39. The first kappa shape index (κ1) is 22.5. The van der Waals surface area contributed by atoms with Crippen LogP contribution in [0, 0.1) is 0 Å². The van der Waals surface area contributed by atoms with Crippen molar-refractivity contribution < 1.29 is 49.6 Å². The van der Waals surface area contributed by atoms with Crippen LogP contribution < -0.4 is 20.8 Å². The van der Waals surface area contributed by atoms with Crippen molar-refractivity contribution in [3.05, 3.63) is 0 Å². The summed E-state index contributed by atoms with van der Waals surface area (Å²) < 4.78 is 8.55. The Bertz CT molecular complexity index is 248. The van der Waals surface area contributed by atoms with Crippen LogP contribution in [0.4, 0.5) is 0 Å². The number of aldehydes is 1. The number of carbonyl (C=O) groups excluding carboxylic acids is 1. The molecule has 0 saturated carbocycles. The van der Waals surface area contributed by atoms with Crippen LogP contribution in [0.5, 0.6) is 0 Å². The van der Waals surface area contributed by atoms with E-state index in [1.807, 2.05) is 0 Å². The maximum Gasteiger partial charge on any atom is 3.00 e. The Balaban J connectivity index is -0.000000321. The second kappa shape index (κ2) is 10.2. The van der Waals surface area contributed by atoms with Crippen LogP contribution in [-0.4, -0.2) is 62.8 Å². The molecule has 2 radical (unpaired) electrons. The number of hydrogen-bond acceptors (Lipinski definition) is 10. The Kier molecular flexibility index (Phi) is 12.8. The molecular formula is C6H12NO10P. The third kappa shape index (κ3) is 13.4. The van der Waals surface area contributed by atoms with Crippen LogP contribution in [0.3, 0.4) is 0 Å². The lowest BCUT2D eigenvalue weighted by molar-refractivity contribution is -0.432. The van der Waals surface area contributed by atoms with Crippen molar-refractivity contribution in [1.82, 2.24) is 6.15 Å². The molecule has 106 valence electrons. The minimum absolute atomic E-state index is 0. The summed E-state index contributed by atoms with van der Waals surface area (Å²) in [5.74, 6) is 0. The van der Waals surface area contributed by atoms with E-state index in [0.717, 1.165) is 0 Å². The van der Waals surface area contributed by atoms with Gasteiger partial charge in [0, 0.05) is 0 Å². The number of nitrogens with zero attached hydrogens (tertiary/aromatic N) is 1. The fraction of sp³-hybridized carbons (Fsp3) is 0.833. The maximum atomic E-state index is 9.90. The van der Waals surface area contributed by atoms with Crippen LogP contribution in [0.2, 0.25) is 0 Å². The molecular weight excluding hydrogens is 277 g/mol. The monoisotopic (exact) mass is 289 g/mol. The Morgan fingerprint density at radius 2 is 1.39 bits per heavy atom. The fourth-order valence-corrected chi connectivity index (χ4v) is 0.618. The molecule has 0 rings (SSSR count). The topological polar surface area (TPSA) is 235 Å². The van der Waals surface area contributed by atoms with Gasteiger partial charge < -0.3 is 49.6 Å². The van der Waals surface area contributed by atoms with Crippen LogP contribution in [-0.2, 0) is 9.36 Å². The van der Waals surface area contributed by atoms with Crippen molar-refractivity contribution >= 4 is 14.1 Å². The average molecular weight is 289 g/mol. The second-order valence-electron chi connectivity index (χ2n) is 2.80. The molecule has 0 unspecified atom stereocenters. The van der Waals surface area contributed by atoms with E-state index in [1.165, 1.54) is 0 Å². The minimum Gasteiger partial charge on any atom is -0.822 e. The highest BCUT2D eigenvalue weighted by atomic mass is 31.2. The molecule has 4 atom stereocenters. The van der Waals surface area contributed by atoms with Gasteiger partial charge in [-0.05, 0) is 0 Å². The lowest BCUT2D eigenvalue weighted by atomic mass is 10.0. The summed E-state index contributed by atoms with van der Waals surface area (Å²) in [4.78, 5) is 35.5. The van der Waals surface area contributed by atoms with Gasteiger partial charge in [0.25, 0.3) is 0 Å². The van der Waals surface area contributed by atoms with Gasteiger partial charge in [-0.15, -0.1) is 0 Å². The van der Waals surface area contributed by atoms with Crippen molar-refractivity contribution in [2.75, 3.05) is 6.61 Å². The molecule has 0 spiro atoms. The van der Waals surface area contributed by atoms with Gasteiger partial charge in [-0.3, -0.25) is 0 Å². The zero-order valence-corrected chi connectivity index (χ0v) is 9.66. The van der Waals surface area contributed by atoms with Gasteiger partial charge in [0.05, 0.1) is 6.61 Å². The number of aliphatic hydroxyl groups excluding tert-OH is 5. The van der Waals surface area contributed by atoms with Gasteiger partial charge in [0.1, 0.15) is 24.4 Å². The molecule has 0 aromatic rings. The van der Waals surface area contributed by atoms with E-state index >= 15 is 0 Å². The molecule has 5 N–H and O–H groups in total. The van der Waals surface area contributed by atoms with E-state index in [0.29, 0.717) is 0 Å². The Morgan fingerprint density at radius 3 is 1.61 bits per heavy atom. The number of phosphoric acid groups is 1. The van der Waals surface area contributed by atoms with E-state index in [-0.39, 0.29) is 12.4 Å².